The van der Waals surface area contributed by atoms with Crippen molar-refractivity contribution in [2.75, 3.05) is 12.4 Å². The van der Waals surface area contributed by atoms with Gasteiger partial charge in [0.2, 0.25) is 5.91 Å². The lowest BCUT2D eigenvalue weighted by molar-refractivity contribution is -0.131. The number of amides is 1. The number of anilines is 1. The number of aryl methyl sites for hydroxylation is 1. The van der Waals surface area contributed by atoms with Crippen molar-refractivity contribution in [1.29, 1.82) is 0 Å². The third-order valence-corrected chi connectivity index (χ3v) is 3.90. The van der Waals surface area contributed by atoms with Gasteiger partial charge in [0.15, 0.2) is 0 Å². The van der Waals surface area contributed by atoms with Gasteiger partial charge in [-0.15, -0.1) is 0 Å². The van der Waals surface area contributed by atoms with Crippen LogP contribution in [0.3, 0.4) is 0 Å². The standard InChI is InChI=1S/C14H21BrN2O/c1-9(2)17(5)14(18)11(4)16-12-7-6-10(3)13(15)8-12/h6-9,11,16H,1-5H3/t11-/m1/s1. The average Bonchev–Trinajstić information content (AvgIpc) is 2.31. The smallest absolute Gasteiger partial charge is 0.244 e. The van der Waals surface area contributed by atoms with Crippen molar-refractivity contribution in [3.8, 4) is 0 Å². The van der Waals surface area contributed by atoms with E-state index < -0.39 is 0 Å². The number of benzene rings is 1. The van der Waals surface area contributed by atoms with Crippen LogP contribution in [-0.4, -0.2) is 29.9 Å². The monoisotopic (exact) mass is 312 g/mol. The molecule has 4 heteroatoms. The van der Waals surface area contributed by atoms with Gasteiger partial charge in [-0.2, -0.15) is 0 Å². The van der Waals surface area contributed by atoms with Gasteiger partial charge >= 0.3 is 0 Å². The minimum atomic E-state index is -0.230. The second kappa shape index (κ2) is 6.23. The van der Waals surface area contributed by atoms with Crippen molar-refractivity contribution in [3.05, 3.63) is 28.2 Å². The lowest BCUT2D eigenvalue weighted by atomic mass is 10.2. The quantitative estimate of drug-likeness (QED) is 0.924. The summed E-state index contributed by atoms with van der Waals surface area (Å²) >= 11 is 3.49. The molecule has 0 fully saturated rings. The normalized spacial score (nSPS) is 12.4. The first-order valence-corrected chi connectivity index (χ1v) is 6.91. The Morgan fingerprint density at radius 2 is 1.94 bits per heavy atom. The molecule has 1 amide bonds. The summed E-state index contributed by atoms with van der Waals surface area (Å²) in [6.07, 6.45) is 0. The molecule has 1 atom stereocenters. The third kappa shape index (κ3) is 3.73. The first kappa shape index (κ1) is 15.0. The fourth-order valence-corrected chi connectivity index (χ4v) is 1.93. The molecule has 0 aliphatic rings. The molecule has 0 bridgehead atoms. The van der Waals surface area contributed by atoms with Crippen LogP contribution in [0.25, 0.3) is 0 Å². The topological polar surface area (TPSA) is 32.3 Å². The second-order valence-electron chi connectivity index (χ2n) is 4.87. The summed E-state index contributed by atoms with van der Waals surface area (Å²) in [6, 6.07) is 5.99. The molecule has 3 nitrogen and oxygen atoms in total. The fraction of sp³-hybridized carbons (Fsp3) is 0.500. The number of hydrogen-bond acceptors (Lipinski definition) is 2. The average molecular weight is 313 g/mol. The van der Waals surface area contributed by atoms with E-state index in [2.05, 4.69) is 21.2 Å². The van der Waals surface area contributed by atoms with Gasteiger partial charge in [-0.3, -0.25) is 4.79 Å². The maximum absolute atomic E-state index is 12.1. The number of rotatable bonds is 4. The molecular formula is C14H21BrN2O. The van der Waals surface area contributed by atoms with Crippen LogP contribution in [0.1, 0.15) is 26.3 Å². The summed E-state index contributed by atoms with van der Waals surface area (Å²) < 4.78 is 1.05. The zero-order valence-electron chi connectivity index (χ0n) is 11.6. The largest absolute Gasteiger partial charge is 0.374 e. The minimum Gasteiger partial charge on any atom is -0.374 e. The Morgan fingerprint density at radius 3 is 2.44 bits per heavy atom. The molecule has 100 valence electrons. The van der Waals surface area contributed by atoms with E-state index in [0.717, 1.165) is 10.2 Å². The zero-order valence-corrected chi connectivity index (χ0v) is 13.2. The van der Waals surface area contributed by atoms with Crippen LogP contribution in [0.15, 0.2) is 22.7 Å². The summed E-state index contributed by atoms with van der Waals surface area (Å²) in [5.41, 5.74) is 2.13. The van der Waals surface area contributed by atoms with E-state index in [-0.39, 0.29) is 18.0 Å². The van der Waals surface area contributed by atoms with E-state index in [4.69, 9.17) is 0 Å². The Labute approximate surface area is 118 Å². The Balaban J connectivity index is 2.72. The molecule has 0 radical (unpaired) electrons. The van der Waals surface area contributed by atoms with Crippen molar-refractivity contribution < 1.29 is 4.79 Å². The third-order valence-electron chi connectivity index (χ3n) is 3.05. The van der Waals surface area contributed by atoms with Gasteiger partial charge in [0.25, 0.3) is 0 Å². The first-order chi connectivity index (χ1) is 8.32. The number of carbonyl (C=O) groups excluding carboxylic acids is 1. The zero-order chi connectivity index (χ0) is 13.9. The molecule has 18 heavy (non-hydrogen) atoms. The molecule has 0 saturated heterocycles. The van der Waals surface area contributed by atoms with Gasteiger partial charge in [0.1, 0.15) is 6.04 Å². The van der Waals surface area contributed by atoms with Crippen LogP contribution in [0.4, 0.5) is 5.69 Å². The van der Waals surface area contributed by atoms with E-state index in [1.54, 1.807) is 4.90 Å². The molecule has 1 aromatic rings. The van der Waals surface area contributed by atoms with Crippen molar-refractivity contribution in [1.82, 2.24) is 4.90 Å². The molecule has 0 aromatic heterocycles. The van der Waals surface area contributed by atoms with Gasteiger partial charge in [0.05, 0.1) is 0 Å². The molecule has 1 rings (SSSR count). The van der Waals surface area contributed by atoms with E-state index in [1.807, 2.05) is 52.9 Å². The predicted molar refractivity (Wildman–Crippen MR) is 79.9 cm³/mol. The SMILES string of the molecule is Cc1ccc(N[C@H](C)C(=O)N(C)C(C)C)cc1Br. The van der Waals surface area contributed by atoms with Gasteiger partial charge in [-0.1, -0.05) is 22.0 Å². The van der Waals surface area contributed by atoms with Crippen molar-refractivity contribution in [2.45, 2.75) is 39.8 Å². The maximum Gasteiger partial charge on any atom is 0.244 e. The lowest BCUT2D eigenvalue weighted by Crippen LogP contribution is -2.42. The molecule has 1 aromatic carbocycles. The number of halogens is 1. The number of likely N-dealkylation sites (N-methyl/N-ethyl adjacent to an activating group) is 1. The van der Waals surface area contributed by atoms with Gasteiger partial charge in [-0.05, 0) is 45.4 Å². The first-order valence-electron chi connectivity index (χ1n) is 6.12. The molecule has 0 heterocycles. The molecule has 0 unspecified atom stereocenters. The predicted octanol–water partition coefficient (Wildman–Crippen LogP) is 3.42. The summed E-state index contributed by atoms with van der Waals surface area (Å²) in [5, 5.41) is 3.22. The molecule has 0 spiro atoms. The highest BCUT2D eigenvalue weighted by Crippen LogP contribution is 2.21. The van der Waals surface area contributed by atoms with Gasteiger partial charge in [-0.25, -0.2) is 0 Å². The molecule has 0 aliphatic carbocycles. The van der Waals surface area contributed by atoms with Crippen LogP contribution >= 0.6 is 15.9 Å². The minimum absolute atomic E-state index is 0.0988. The van der Waals surface area contributed by atoms with Crippen LogP contribution in [0.5, 0.6) is 0 Å². The number of nitrogens with one attached hydrogen (secondary N) is 1. The van der Waals surface area contributed by atoms with Crippen molar-refractivity contribution in [2.24, 2.45) is 0 Å². The van der Waals surface area contributed by atoms with E-state index >= 15 is 0 Å². The van der Waals surface area contributed by atoms with E-state index in [1.165, 1.54) is 5.56 Å². The highest BCUT2D eigenvalue weighted by atomic mass is 79.9. The fourth-order valence-electron chi connectivity index (χ4n) is 1.55. The van der Waals surface area contributed by atoms with E-state index in [0.29, 0.717) is 0 Å². The molecule has 1 N–H and O–H groups in total. The Morgan fingerprint density at radius 1 is 1.33 bits per heavy atom. The van der Waals surface area contributed by atoms with Gasteiger partial charge in [0, 0.05) is 23.2 Å². The lowest BCUT2D eigenvalue weighted by Gasteiger charge is -2.26. The summed E-state index contributed by atoms with van der Waals surface area (Å²) in [5.74, 6) is 0.0988. The van der Waals surface area contributed by atoms with Crippen molar-refractivity contribution in [3.63, 3.8) is 0 Å². The number of hydrogen-bond donors (Lipinski definition) is 1. The maximum atomic E-state index is 12.1. The highest BCUT2D eigenvalue weighted by molar-refractivity contribution is 9.10. The van der Waals surface area contributed by atoms with Crippen LogP contribution in [0.2, 0.25) is 0 Å². The summed E-state index contributed by atoms with van der Waals surface area (Å²) in [7, 11) is 1.83. The van der Waals surface area contributed by atoms with Crippen molar-refractivity contribution >= 4 is 27.5 Å². The molecule has 0 aliphatic heterocycles. The Kier molecular flexibility index (Phi) is 5.20. The second-order valence-corrected chi connectivity index (χ2v) is 5.73. The number of nitrogens with zero attached hydrogens (tertiary/aromatic N) is 1. The van der Waals surface area contributed by atoms with Crippen LogP contribution in [0, 0.1) is 6.92 Å². The van der Waals surface area contributed by atoms with Crippen LogP contribution < -0.4 is 5.32 Å². The van der Waals surface area contributed by atoms with Crippen LogP contribution in [-0.2, 0) is 4.79 Å². The Bertz CT molecular complexity index is 432. The van der Waals surface area contributed by atoms with Gasteiger partial charge < -0.3 is 10.2 Å². The summed E-state index contributed by atoms with van der Waals surface area (Å²) in [6.45, 7) is 7.93. The molecular weight excluding hydrogens is 292 g/mol. The highest BCUT2D eigenvalue weighted by Gasteiger charge is 2.19. The number of carbonyl (C=O) groups is 1. The summed E-state index contributed by atoms with van der Waals surface area (Å²) in [4.78, 5) is 13.8. The Hall–Kier alpha value is -1.03. The molecule has 0 saturated carbocycles. The van der Waals surface area contributed by atoms with E-state index in [9.17, 15) is 4.79 Å².